The second-order valence-corrected chi connectivity index (χ2v) is 6.83. The molecule has 4 N–H and O–H groups in total. The van der Waals surface area contributed by atoms with Gasteiger partial charge in [-0.2, -0.15) is 0 Å². The maximum atomic E-state index is 12.0. The fourth-order valence-corrected chi connectivity index (χ4v) is 3.72. The number of hydrazine groups is 1. The van der Waals surface area contributed by atoms with Gasteiger partial charge in [-0.25, -0.2) is 19.2 Å². The number of hydrogen-bond donors (Lipinski definition) is 3. The molecule has 1 fully saturated rings. The summed E-state index contributed by atoms with van der Waals surface area (Å²) in [5.41, 5.74) is 3.44. The minimum Gasteiger partial charge on any atom is -0.348 e. The minimum atomic E-state index is -3.00. The molecule has 0 radical (unpaired) electrons. The van der Waals surface area contributed by atoms with Gasteiger partial charge in [0.15, 0.2) is 9.84 Å². The molecule has 19 heavy (non-hydrogen) atoms. The normalized spacial score (nSPS) is 21.1. The van der Waals surface area contributed by atoms with Crippen LogP contribution in [-0.4, -0.2) is 36.9 Å². The second-order valence-electron chi connectivity index (χ2n) is 4.60. The van der Waals surface area contributed by atoms with Crippen LogP contribution in [0.3, 0.4) is 0 Å². The zero-order chi connectivity index (χ0) is 14.0. The van der Waals surface area contributed by atoms with Gasteiger partial charge >= 0.3 is 0 Å². The van der Waals surface area contributed by atoms with Gasteiger partial charge in [-0.15, -0.1) is 0 Å². The average molecular weight is 284 g/mol. The molecule has 2 heterocycles. The lowest BCUT2D eigenvalue weighted by molar-refractivity contribution is 0.0941. The van der Waals surface area contributed by atoms with Gasteiger partial charge in [-0.05, 0) is 25.5 Å². The number of carbonyl (C=O) groups is 1. The Labute approximate surface area is 111 Å². The van der Waals surface area contributed by atoms with E-state index in [-0.39, 0.29) is 23.5 Å². The Hall–Kier alpha value is -1.67. The molecule has 1 amide bonds. The summed E-state index contributed by atoms with van der Waals surface area (Å²) in [6.45, 7) is 1.75. The van der Waals surface area contributed by atoms with Crippen LogP contribution in [0.2, 0.25) is 0 Å². The first kappa shape index (κ1) is 13.8. The first-order valence-electron chi connectivity index (χ1n) is 5.86. The van der Waals surface area contributed by atoms with E-state index in [1.165, 1.54) is 6.07 Å². The Balaban J connectivity index is 2.10. The van der Waals surface area contributed by atoms with Crippen molar-refractivity contribution in [1.29, 1.82) is 0 Å². The van der Waals surface area contributed by atoms with Gasteiger partial charge in [0.1, 0.15) is 5.82 Å². The Bertz CT molecular complexity index is 600. The molecule has 1 atom stereocenters. The smallest absolute Gasteiger partial charge is 0.251 e. The third-order valence-corrected chi connectivity index (χ3v) is 4.70. The van der Waals surface area contributed by atoms with Crippen LogP contribution >= 0.6 is 0 Å². The number of carbonyl (C=O) groups excluding carboxylic acids is 1. The summed E-state index contributed by atoms with van der Waals surface area (Å²) in [6, 6.07) is 2.83. The molecule has 1 aliphatic rings. The molecule has 0 bridgehead atoms. The van der Waals surface area contributed by atoms with Crippen molar-refractivity contribution in [2.24, 2.45) is 5.84 Å². The summed E-state index contributed by atoms with van der Waals surface area (Å²) in [5, 5.41) is 2.71. The van der Waals surface area contributed by atoms with Gasteiger partial charge in [-0.3, -0.25) is 4.79 Å². The topological polar surface area (TPSA) is 114 Å². The van der Waals surface area contributed by atoms with Crippen LogP contribution in [0.15, 0.2) is 12.1 Å². The summed E-state index contributed by atoms with van der Waals surface area (Å²) in [4.78, 5) is 16.1. The number of aryl methyl sites for hydroxylation is 1. The number of nitrogens with zero attached hydrogens (tertiary/aromatic N) is 1. The molecule has 0 saturated carbocycles. The number of nitrogens with one attached hydrogen (secondary N) is 2. The SMILES string of the molecule is Cc1cc(C(=O)NC2CCS(=O)(=O)C2)cc(NN)n1. The van der Waals surface area contributed by atoms with Crippen molar-refractivity contribution < 1.29 is 13.2 Å². The number of amides is 1. The molecule has 1 aliphatic heterocycles. The van der Waals surface area contributed by atoms with Crippen molar-refractivity contribution >= 4 is 21.6 Å². The number of nitrogens with two attached hydrogens (primary N) is 1. The summed E-state index contributed by atoms with van der Waals surface area (Å²) < 4.78 is 22.7. The lowest BCUT2D eigenvalue weighted by Crippen LogP contribution is -2.35. The summed E-state index contributed by atoms with van der Waals surface area (Å²) in [5.74, 6) is 5.47. The largest absolute Gasteiger partial charge is 0.348 e. The number of rotatable bonds is 3. The quantitative estimate of drug-likeness (QED) is 0.513. The molecule has 104 valence electrons. The zero-order valence-corrected chi connectivity index (χ0v) is 11.3. The van der Waals surface area contributed by atoms with Crippen LogP contribution in [0.5, 0.6) is 0 Å². The Morgan fingerprint density at radius 2 is 2.21 bits per heavy atom. The monoisotopic (exact) mass is 284 g/mol. The fraction of sp³-hybridized carbons (Fsp3) is 0.455. The molecule has 1 aromatic heterocycles. The van der Waals surface area contributed by atoms with Gasteiger partial charge in [0.2, 0.25) is 0 Å². The van der Waals surface area contributed by atoms with Gasteiger partial charge < -0.3 is 10.7 Å². The molecule has 0 spiro atoms. The number of sulfone groups is 1. The second kappa shape index (κ2) is 5.14. The number of pyridine rings is 1. The predicted octanol–water partition coefficient (Wildman–Crippen LogP) is -0.407. The molecule has 7 nitrogen and oxygen atoms in total. The van der Waals surface area contributed by atoms with Crippen molar-refractivity contribution in [3.05, 3.63) is 23.4 Å². The van der Waals surface area contributed by atoms with E-state index in [9.17, 15) is 13.2 Å². The highest BCUT2D eigenvalue weighted by atomic mass is 32.2. The predicted molar refractivity (Wildman–Crippen MR) is 71.3 cm³/mol. The number of aromatic nitrogens is 1. The van der Waals surface area contributed by atoms with Crippen molar-refractivity contribution in [3.8, 4) is 0 Å². The van der Waals surface area contributed by atoms with E-state index in [4.69, 9.17) is 5.84 Å². The maximum Gasteiger partial charge on any atom is 0.251 e. The Morgan fingerprint density at radius 1 is 1.47 bits per heavy atom. The van der Waals surface area contributed by atoms with Crippen LogP contribution in [0.4, 0.5) is 5.82 Å². The van der Waals surface area contributed by atoms with E-state index in [1.807, 2.05) is 0 Å². The molecule has 2 rings (SSSR count). The van der Waals surface area contributed by atoms with E-state index in [0.29, 0.717) is 23.5 Å². The lowest BCUT2D eigenvalue weighted by atomic mass is 10.2. The molecular formula is C11H16N4O3S. The highest BCUT2D eigenvalue weighted by molar-refractivity contribution is 7.91. The van der Waals surface area contributed by atoms with Crippen LogP contribution in [0, 0.1) is 6.92 Å². The van der Waals surface area contributed by atoms with Crippen molar-refractivity contribution in [3.63, 3.8) is 0 Å². The summed E-state index contributed by atoms with van der Waals surface area (Å²) in [6.07, 6.45) is 0.458. The summed E-state index contributed by atoms with van der Waals surface area (Å²) in [7, 11) is -3.00. The van der Waals surface area contributed by atoms with Crippen LogP contribution < -0.4 is 16.6 Å². The fourth-order valence-electron chi connectivity index (χ4n) is 2.05. The molecule has 1 saturated heterocycles. The third-order valence-electron chi connectivity index (χ3n) is 2.93. The zero-order valence-electron chi connectivity index (χ0n) is 10.5. The van der Waals surface area contributed by atoms with Gasteiger partial charge in [0, 0.05) is 17.3 Å². The first-order chi connectivity index (χ1) is 8.89. The summed E-state index contributed by atoms with van der Waals surface area (Å²) >= 11 is 0. The number of nitrogen functional groups attached to an aromatic ring is 1. The Morgan fingerprint density at radius 3 is 2.79 bits per heavy atom. The average Bonchev–Trinajstić information content (AvgIpc) is 2.67. The molecule has 8 heteroatoms. The number of anilines is 1. The minimum absolute atomic E-state index is 0.00476. The molecule has 0 aromatic carbocycles. The van der Waals surface area contributed by atoms with Crippen molar-refractivity contribution in [2.75, 3.05) is 16.9 Å². The highest BCUT2D eigenvalue weighted by Crippen LogP contribution is 2.13. The van der Waals surface area contributed by atoms with Crippen molar-refractivity contribution in [1.82, 2.24) is 10.3 Å². The third kappa shape index (κ3) is 3.42. The van der Waals surface area contributed by atoms with Crippen LogP contribution in [0.1, 0.15) is 22.5 Å². The van der Waals surface area contributed by atoms with Crippen LogP contribution in [0.25, 0.3) is 0 Å². The highest BCUT2D eigenvalue weighted by Gasteiger charge is 2.29. The van der Waals surface area contributed by atoms with E-state index in [0.717, 1.165) is 0 Å². The number of hydrogen-bond acceptors (Lipinski definition) is 6. The van der Waals surface area contributed by atoms with E-state index < -0.39 is 9.84 Å². The van der Waals surface area contributed by atoms with E-state index >= 15 is 0 Å². The molecule has 0 aliphatic carbocycles. The van der Waals surface area contributed by atoms with Gasteiger partial charge in [-0.1, -0.05) is 0 Å². The standard InChI is InChI=1S/C11H16N4O3S/c1-7-4-8(5-10(13-7)15-12)11(16)14-9-2-3-19(17,18)6-9/h4-5,9H,2-3,6,12H2,1H3,(H,13,15)(H,14,16). The van der Waals surface area contributed by atoms with Crippen molar-refractivity contribution in [2.45, 2.75) is 19.4 Å². The van der Waals surface area contributed by atoms with Gasteiger partial charge in [0.25, 0.3) is 5.91 Å². The van der Waals surface area contributed by atoms with Crippen LogP contribution in [-0.2, 0) is 9.84 Å². The maximum absolute atomic E-state index is 12.0. The lowest BCUT2D eigenvalue weighted by Gasteiger charge is -2.11. The van der Waals surface area contributed by atoms with E-state index in [1.54, 1.807) is 13.0 Å². The van der Waals surface area contributed by atoms with E-state index in [2.05, 4.69) is 15.7 Å². The Kier molecular flexibility index (Phi) is 3.72. The molecule has 1 aromatic rings. The first-order valence-corrected chi connectivity index (χ1v) is 7.68. The van der Waals surface area contributed by atoms with Gasteiger partial charge in [0.05, 0.1) is 11.5 Å². The molecule has 1 unspecified atom stereocenters. The molecular weight excluding hydrogens is 268 g/mol.